The van der Waals surface area contributed by atoms with Crippen molar-refractivity contribution in [2.75, 3.05) is 19.6 Å². The second-order valence-electron chi connectivity index (χ2n) is 5.22. The van der Waals surface area contributed by atoms with E-state index in [0.29, 0.717) is 12.5 Å². The van der Waals surface area contributed by atoms with Gasteiger partial charge >= 0.3 is 18.0 Å². The van der Waals surface area contributed by atoms with Crippen molar-refractivity contribution in [1.82, 2.24) is 10.2 Å². The Balaban J connectivity index is 2.43. The van der Waals surface area contributed by atoms with Crippen molar-refractivity contribution in [3.05, 3.63) is 0 Å². The molecule has 2 amide bonds. The Morgan fingerprint density at radius 2 is 1.67 bits per heavy atom. The minimum atomic E-state index is -1.24. The summed E-state index contributed by atoms with van der Waals surface area (Å²) in [6.07, 6.45) is 1.01. The first-order valence-corrected chi connectivity index (χ1v) is 5.69. The number of hydrogen-bond acceptors (Lipinski definition) is 3. The quantitative estimate of drug-likeness (QED) is 0.631. The number of urea groups is 1. The highest BCUT2D eigenvalue weighted by atomic mass is 16.4. The van der Waals surface area contributed by atoms with Crippen molar-refractivity contribution in [3.63, 3.8) is 0 Å². The molecule has 0 saturated heterocycles. The smallest absolute Gasteiger partial charge is 0.323 e. The Bertz CT molecular complexity index is 350. The lowest BCUT2D eigenvalue weighted by molar-refractivity contribution is -0.140. The van der Waals surface area contributed by atoms with E-state index in [2.05, 4.69) is 19.2 Å². The van der Waals surface area contributed by atoms with Gasteiger partial charge in [0.05, 0.1) is 0 Å². The Morgan fingerprint density at radius 3 is 2.00 bits per heavy atom. The van der Waals surface area contributed by atoms with Crippen LogP contribution in [0.1, 0.15) is 20.3 Å². The van der Waals surface area contributed by atoms with E-state index in [4.69, 9.17) is 10.2 Å². The summed E-state index contributed by atoms with van der Waals surface area (Å²) in [5, 5.41) is 19.8. The van der Waals surface area contributed by atoms with Gasteiger partial charge in [-0.1, -0.05) is 13.8 Å². The fourth-order valence-corrected chi connectivity index (χ4v) is 1.77. The van der Waals surface area contributed by atoms with Crippen LogP contribution in [0.3, 0.4) is 0 Å². The van der Waals surface area contributed by atoms with Gasteiger partial charge in [0, 0.05) is 6.54 Å². The van der Waals surface area contributed by atoms with Crippen LogP contribution < -0.4 is 5.32 Å². The van der Waals surface area contributed by atoms with Gasteiger partial charge in [-0.2, -0.15) is 0 Å². The van der Waals surface area contributed by atoms with E-state index < -0.39 is 31.1 Å². The number of carbonyl (C=O) groups excluding carboxylic acids is 1. The van der Waals surface area contributed by atoms with Gasteiger partial charge in [-0.15, -0.1) is 0 Å². The molecular weight excluding hydrogens is 240 g/mol. The summed E-state index contributed by atoms with van der Waals surface area (Å²) < 4.78 is 0. The van der Waals surface area contributed by atoms with Crippen LogP contribution in [0, 0.1) is 11.3 Å². The van der Waals surface area contributed by atoms with E-state index in [9.17, 15) is 14.4 Å². The maximum absolute atomic E-state index is 11.6. The number of aliphatic carboxylic acids is 2. The lowest BCUT2D eigenvalue weighted by atomic mass is 10.1. The molecule has 0 radical (unpaired) electrons. The third kappa shape index (κ3) is 4.23. The number of amides is 2. The van der Waals surface area contributed by atoms with Gasteiger partial charge in [-0.25, -0.2) is 4.79 Å². The zero-order valence-electron chi connectivity index (χ0n) is 10.5. The van der Waals surface area contributed by atoms with Gasteiger partial charge in [-0.05, 0) is 17.8 Å². The molecule has 1 saturated carbocycles. The van der Waals surface area contributed by atoms with Crippen LogP contribution in [0.25, 0.3) is 0 Å². The van der Waals surface area contributed by atoms with E-state index in [1.807, 2.05) is 0 Å². The molecule has 1 fully saturated rings. The van der Waals surface area contributed by atoms with Crippen molar-refractivity contribution in [2.24, 2.45) is 11.3 Å². The summed E-state index contributed by atoms with van der Waals surface area (Å²) >= 11 is 0. The zero-order chi connectivity index (χ0) is 13.9. The van der Waals surface area contributed by atoms with Gasteiger partial charge in [0.15, 0.2) is 0 Å². The number of carboxylic acid groups (broad SMARTS) is 2. The van der Waals surface area contributed by atoms with E-state index in [1.165, 1.54) is 0 Å². The Kier molecular flexibility index (Phi) is 4.15. The second kappa shape index (κ2) is 5.24. The molecule has 7 nitrogen and oxygen atoms in total. The van der Waals surface area contributed by atoms with Crippen LogP contribution in [-0.2, 0) is 9.59 Å². The molecule has 1 aliphatic carbocycles. The molecule has 18 heavy (non-hydrogen) atoms. The molecule has 0 heterocycles. The summed E-state index contributed by atoms with van der Waals surface area (Å²) in [5.41, 5.74) is 0.206. The van der Waals surface area contributed by atoms with Crippen molar-refractivity contribution in [1.29, 1.82) is 0 Å². The first-order chi connectivity index (χ1) is 8.22. The summed E-state index contributed by atoms with van der Waals surface area (Å²) in [7, 11) is 0. The van der Waals surface area contributed by atoms with Gasteiger partial charge in [-0.3, -0.25) is 9.59 Å². The largest absolute Gasteiger partial charge is 0.480 e. The van der Waals surface area contributed by atoms with Crippen LogP contribution >= 0.6 is 0 Å². The number of nitrogens with zero attached hydrogens (tertiary/aromatic N) is 1. The molecule has 0 aromatic heterocycles. The van der Waals surface area contributed by atoms with Crippen molar-refractivity contribution in [3.8, 4) is 0 Å². The molecule has 0 aliphatic heterocycles. The maximum Gasteiger partial charge on any atom is 0.323 e. The first-order valence-electron chi connectivity index (χ1n) is 5.69. The third-order valence-corrected chi connectivity index (χ3v) is 3.16. The van der Waals surface area contributed by atoms with E-state index in [0.717, 1.165) is 11.3 Å². The molecule has 0 aromatic rings. The fourth-order valence-electron chi connectivity index (χ4n) is 1.77. The Labute approximate surface area is 105 Å². The molecule has 3 N–H and O–H groups in total. The molecule has 1 rings (SSSR count). The maximum atomic E-state index is 11.6. The van der Waals surface area contributed by atoms with Crippen molar-refractivity contribution in [2.45, 2.75) is 20.3 Å². The fraction of sp³-hybridized carbons (Fsp3) is 0.727. The highest BCUT2D eigenvalue weighted by molar-refractivity contribution is 5.84. The lowest BCUT2D eigenvalue weighted by Crippen LogP contribution is -2.45. The van der Waals surface area contributed by atoms with Crippen molar-refractivity contribution >= 4 is 18.0 Å². The highest BCUT2D eigenvalue weighted by Crippen LogP contribution is 2.50. The minimum absolute atomic E-state index is 0.206. The molecular formula is C11H18N2O5. The SMILES string of the molecule is CC1(C)CC1CNC(=O)N(CC(=O)O)CC(=O)O. The van der Waals surface area contributed by atoms with Crippen LogP contribution in [0.4, 0.5) is 4.79 Å². The van der Waals surface area contributed by atoms with Gasteiger partial charge in [0.25, 0.3) is 0 Å². The summed E-state index contributed by atoms with van der Waals surface area (Å²) in [4.78, 5) is 33.5. The van der Waals surface area contributed by atoms with Gasteiger partial charge < -0.3 is 20.4 Å². The first kappa shape index (κ1) is 14.3. The molecule has 1 aliphatic rings. The van der Waals surface area contributed by atoms with Crippen LogP contribution in [-0.4, -0.2) is 52.7 Å². The lowest BCUT2D eigenvalue weighted by Gasteiger charge is -2.19. The molecule has 0 bridgehead atoms. The molecule has 102 valence electrons. The molecule has 0 spiro atoms. The standard InChI is InChI=1S/C11H18N2O5/c1-11(2)3-7(11)4-12-10(18)13(5-8(14)15)6-9(16)17/h7H,3-6H2,1-2H3,(H,12,18)(H,14,15)(H,16,17). The normalized spacial score (nSPS) is 20.0. The van der Waals surface area contributed by atoms with E-state index in [-0.39, 0.29) is 5.41 Å². The number of hydrogen-bond donors (Lipinski definition) is 3. The van der Waals surface area contributed by atoms with Crippen molar-refractivity contribution < 1.29 is 24.6 Å². The second-order valence-corrected chi connectivity index (χ2v) is 5.22. The van der Waals surface area contributed by atoms with Crippen LogP contribution in [0.5, 0.6) is 0 Å². The highest BCUT2D eigenvalue weighted by Gasteiger charge is 2.45. The topological polar surface area (TPSA) is 107 Å². The minimum Gasteiger partial charge on any atom is -0.480 e. The number of carboxylic acids is 2. The summed E-state index contributed by atoms with van der Waals surface area (Å²) in [6.45, 7) is 3.37. The predicted molar refractivity (Wildman–Crippen MR) is 62.1 cm³/mol. The molecule has 0 aromatic carbocycles. The van der Waals surface area contributed by atoms with Crippen LogP contribution in [0.15, 0.2) is 0 Å². The Morgan fingerprint density at radius 1 is 1.22 bits per heavy atom. The molecule has 7 heteroatoms. The molecule has 1 atom stereocenters. The number of nitrogens with one attached hydrogen (secondary N) is 1. The zero-order valence-corrected chi connectivity index (χ0v) is 10.5. The van der Waals surface area contributed by atoms with E-state index in [1.54, 1.807) is 0 Å². The van der Waals surface area contributed by atoms with Gasteiger partial charge in [0.1, 0.15) is 13.1 Å². The van der Waals surface area contributed by atoms with Crippen LogP contribution in [0.2, 0.25) is 0 Å². The summed E-state index contributed by atoms with van der Waals surface area (Å²) in [6, 6.07) is -0.650. The number of carbonyl (C=O) groups is 3. The predicted octanol–water partition coefficient (Wildman–Crippen LogP) is 0.213. The molecule has 1 unspecified atom stereocenters. The average Bonchev–Trinajstić information content (AvgIpc) is 2.80. The number of rotatable bonds is 6. The third-order valence-electron chi connectivity index (χ3n) is 3.16. The monoisotopic (exact) mass is 258 g/mol. The summed E-state index contributed by atoms with van der Waals surface area (Å²) in [5.74, 6) is -2.10. The van der Waals surface area contributed by atoms with Gasteiger partial charge in [0.2, 0.25) is 0 Å². The average molecular weight is 258 g/mol. The van der Waals surface area contributed by atoms with E-state index >= 15 is 0 Å². The Hall–Kier alpha value is -1.79.